The lowest BCUT2D eigenvalue weighted by molar-refractivity contribution is -0.138. The molecule has 0 amide bonds. The number of rotatable bonds is 6. The van der Waals surface area contributed by atoms with Crippen molar-refractivity contribution >= 4 is 28.7 Å². The molecular formula is C38H30F8N10. The SMILES string of the molecule is Cc1nc2ccc(F)cn2c1-c1cncc(Nc2ccc(C(F)(F)F)cc2)n1.Cc1nc2n(c1-c1cncc(Nc3ccc(C(F)(F)F)cc3)n1)CC(F)CC2. The molecule has 0 radical (unpaired) electrons. The smallest absolute Gasteiger partial charge is 0.339 e. The van der Waals surface area contributed by atoms with Crippen molar-refractivity contribution in [1.82, 2.24) is 38.9 Å². The molecule has 7 aromatic rings. The molecule has 0 saturated carbocycles. The van der Waals surface area contributed by atoms with E-state index in [-0.39, 0.29) is 6.54 Å². The van der Waals surface area contributed by atoms with Crippen LogP contribution in [0.5, 0.6) is 0 Å². The molecule has 1 aliphatic heterocycles. The molecule has 0 bridgehead atoms. The molecule has 2 N–H and O–H groups in total. The molecule has 0 saturated heterocycles. The van der Waals surface area contributed by atoms with Crippen molar-refractivity contribution in [2.45, 2.75) is 51.8 Å². The summed E-state index contributed by atoms with van der Waals surface area (Å²) in [7, 11) is 0. The molecule has 18 heteroatoms. The maximum Gasteiger partial charge on any atom is 0.416 e. The fourth-order valence-electron chi connectivity index (χ4n) is 6.22. The predicted octanol–water partition coefficient (Wildman–Crippen LogP) is 9.70. The lowest BCUT2D eigenvalue weighted by Gasteiger charge is -2.19. The Morgan fingerprint density at radius 1 is 0.643 bits per heavy atom. The van der Waals surface area contributed by atoms with Crippen LogP contribution in [-0.4, -0.2) is 45.0 Å². The summed E-state index contributed by atoms with van der Waals surface area (Å²) in [6, 6.07) is 12.1. The van der Waals surface area contributed by atoms with Crippen LogP contribution < -0.4 is 10.6 Å². The van der Waals surface area contributed by atoms with Crippen LogP contribution in [0.4, 0.5) is 58.1 Å². The number of aromatic nitrogens is 8. The zero-order valence-electron chi connectivity index (χ0n) is 29.5. The fraction of sp³-hybridized carbons (Fsp3) is 0.211. The molecule has 1 atom stereocenters. The monoisotopic (exact) mass is 778 g/mol. The van der Waals surface area contributed by atoms with Gasteiger partial charge in [-0.1, -0.05) is 0 Å². The molecule has 8 rings (SSSR count). The lowest BCUT2D eigenvalue weighted by Crippen LogP contribution is -2.22. The number of nitrogens with zero attached hydrogens (tertiary/aromatic N) is 8. The zero-order chi connectivity index (χ0) is 39.8. The van der Waals surface area contributed by atoms with Gasteiger partial charge in [-0.2, -0.15) is 26.3 Å². The van der Waals surface area contributed by atoms with E-state index in [1.54, 1.807) is 23.6 Å². The van der Waals surface area contributed by atoms with Crippen molar-refractivity contribution in [3.8, 4) is 22.8 Å². The van der Waals surface area contributed by atoms with Crippen LogP contribution in [0.25, 0.3) is 28.4 Å². The van der Waals surface area contributed by atoms with Crippen molar-refractivity contribution in [3.05, 3.63) is 126 Å². The van der Waals surface area contributed by atoms with Crippen molar-refractivity contribution < 1.29 is 35.1 Å². The largest absolute Gasteiger partial charge is 0.416 e. The number of aryl methyl sites for hydroxylation is 3. The number of halogens is 8. The highest BCUT2D eigenvalue weighted by Gasteiger charge is 2.31. The van der Waals surface area contributed by atoms with Crippen molar-refractivity contribution in [2.24, 2.45) is 0 Å². The summed E-state index contributed by atoms with van der Waals surface area (Å²) in [5.41, 5.74) is 3.65. The van der Waals surface area contributed by atoms with Crippen LogP contribution in [0, 0.1) is 19.7 Å². The van der Waals surface area contributed by atoms with Gasteiger partial charge in [0.15, 0.2) is 0 Å². The van der Waals surface area contributed by atoms with Gasteiger partial charge in [-0.05, 0) is 80.9 Å². The Morgan fingerprint density at radius 3 is 1.70 bits per heavy atom. The first-order valence-electron chi connectivity index (χ1n) is 17.0. The molecule has 10 nitrogen and oxygen atoms in total. The van der Waals surface area contributed by atoms with E-state index in [1.165, 1.54) is 55.1 Å². The molecule has 6 heterocycles. The van der Waals surface area contributed by atoms with Gasteiger partial charge in [-0.25, -0.2) is 28.7 Å². The average Bonchev–Trinajstić information content (AvgIpc) is 3.65. The molecule has 1 aliphatic rings. The van der Waals surface area contributed by atoms with E-state index in [0.29, 0.717) is 70.0 Å². The second kappa shape index (κ2) is 15.0. The molecule has 5 aromatic heterocycles. The quantitative estimate of drug-likeness (QED) is 0.161. The van der Waals surface area contributed by atoms with Crippen LogP contribution in [0.3, 0.4) is 0 Å². The molecule has 2 aromatic carbocycles. The second-order valence-corrected chi connectivity index (χ2v) is 12.8. The average molecular weight is 779 g/mol. The highest BCUT2D eigenvalue weighted by atomic mass is 19.4. The van der Waals surface area contributed by atoms with Crippen LogP contribution in [0.15, 0.2) is 91.6 Å². The summed E-state index contributed by atoms with van der Waals surface area (Å²) in [5.74, 6) is 1.12. The molecule has 56 heavy (non-hydrogen) atoms. The van der Waals surface area contributed by atoms with Crippen LogP contribution in [-0.2, 0) is 25.3 Å². The number of nitrogens with one attached hydrogen (secondary N) is 2. The highest BCUT2D eigenvalue weighted by Crippen LogP contribution is 2.33. The maximum atomic E-state index is 13.9. The first kappa shape index (κ1) is 37.8. The molecule has 0 fully saturated rings. The number of fused-ring (bicyclic) bond motifs is 2. The fourth-order valence-corrected chi connectivity index (χ4v) is 6.22. The van der Waals surface area contributed by atoms with Gasteiger partial charge in [0, 0.05) is 24.0 Å². The van der Waals surface area contributed by atoms with E-state index in [0.717, 1.165) is 35.8 Å². The van der Waals surface area contributed by atoms with Crippen molar-refractivity contribution in [2.75, 3.05) is 10.6 Å². The van der Waals surface area contributed by atoms with Gasteiger partial charge in [0.25, 0.3) is 0 Å². The molecule has 0 spiro atoms. The predicted molar refractivity (Wildman–Crippen MR) is 192 cm³/mol. The van der Waals surface area contributed by atoms with Crippen LogP contribution in [0.1, 0.15) is 34.8 Å². The standard InChI is InChI=1S/C19H17F4N5.C19H13F4N5/c2*1-11-18(28-10-13(20)4-7-17(28)25-11)15-8-24-9-16(27-15)26-14-5-2-12(3-6-14)19(21,22)23/h2-3,5-6,8-9,13H,4,7,10H2,1H3,(H,26,27);2-10H,1H3,(H,26,27). The van der Waals surface area contributed by atoms with E-state index in [9.17, 15) is 35.1 Å². The minimum atomic E-state index is -4.39. The number of anilines is 4. The van der Waals surface area contributed by atoms with E-state index < -0.39 is 35.5 Å². The van der Waals surface area contributed by atoms with Gasteiger partial charge >= 0.3 is 12.4 Å². The highest BCUT2D eigenvalue weighted by molar-refractivity contribution is 5.66. The van der Waals surface area contributed by atoms with Crippen molar-refractivity contribution in [3.63, 3.8) is 0 Å². The molecule has 1 unspecified atom stereocenters. The third kappa shape index (κ3) is 8.28. The van der Waals surface area contributed by atoms with E-state index in [4.69, 9.17) is 0 Å². The maximum absolute atomic E-state index is 13.9. The van der Waals surface area contributed by atoms with E-state index in [2.05, 4.69) is 40.5 Å². The van der Waals surface area contributed by atoms with Crippen molar-refractivity contribution in [1.29, 1.82) is 0 Å². The topological polar surface area (TPSA) is 111 Å². The number of hydrogen-bond donors (Lipinski definition) is 2. The number of benzene rings is 2. The van der Waals surface area contributed by atoms with Gasteiger partial charge < -0.3 is 15.2 Å². The Balaban J connectivity index is 0.000000172. The first-order chi connectivity index (χ1) is 26.6. The van der Waals surface area contributed by atoms with E-state index in [1.807, 2.05) is 11.5 Å². The summed E-state index contributed by atoms with van der Waals surface area (Å²) in [6.07, 6.45) is -1.38. The Labute approximate surface area is 313 Å². The third-order valence-corrected chi connectivity index (χ3v) is 8.76. The minimum Gasteiger partial charge on any atom is -0.339 e. The van der Waals surface area contributed by atoms with E-state index >= 15 is 0 Å². The zero-order valence-corrected chi connectivity index (χ0v) is 29.5. The normalized spacial score (nSPS) is 14.2. The summed E-state index contributed by atoms with van der Waals surface area (Å²) >= 11 is 0. The molecule has 0 aliphatic carbocycles. The Morgan fingerprint density at radius 2 is 1.16 bits per heavy atom. The molecule has 288 valence electrons. The van der Waals surface area contributed by atoms with Gasteiger partial charge in [0.1, 0.15) is 46.5 Å². The van der Waals surface area contributed by atoms with Gasteiger partial charge in [0.2, 0.25) is 0 Å². The first-order valence-corrected chi connectivity index (χ1v) is 17.0. The number of alkyl halides is 7. The Bertz CT molecular complexity index is 2490. The summed E-state index contributed by atoms with van der Waals surface area (Å²) in [6.45, 7) is 3.84. The van der Waals surface area contributed by atoms with Gasteiger partial charge in [-0.15, -0.1) is 0 Å². The number of pyridine rings is 1. The van der Waals surface area contributed by atoms with Crippen LogP contribution >= 0.6 is 0 Å². The Hall–Kier alpha value is -6.46. The summed E-state index contributed by atoms with van der Waals surface area (Å²) < 4.78 is 107. The van der Waals surface area contributed by atoms with Gasteiger partial charge in [-0.3, -0.25) is 14.4 Å². The Kier molecular flexibility index (Phi) is 10.1. The van der Waals surface area contributed by atoms with Crippen LogP contribution in [0.2, 0.25) is 0 Å². The summed E-state index contributed by atoms with van der Waals surface area (Å²) in [4.78, 5) is 26.1. The number of imidazole rings is 2. The second-order valence-electron chi connectivity index (χ2n) is 12.8. The lowest BCUT2D eigenvalue weighted by atomic mass is 10.1. The molecular weight excluding hydrogens is 748 g/mol. The number of hydrogen-bond acceptors (Lipinski definition) is 8. The minimum absolute atomic E-state index is 0.226. The third-order valence-electron chi connectivity index (χ3n) is 8.76. The summed E-state index contributed by atoms with van der Waals surface area (Å²) in [5, 5.41) is 5.87. The van der Waals surface area contributed by atoms with Gasteiger partial charge in [0.05, 0.1) is 65.2 Å².